The molecule has 86 valence electrons. The molecule has 2 aromatic heterocycles. The summed E-state index contributed by atoms with van der Waals surface area (Å²) >= 11 is 0. The van der Waals surface area contributed by atoms with Crippen LogP contribution in [-0.4, -0.2) is 32.4 Å². The number of aryl methyl sites for hydroxylation is 1. The Hall–Kier alpha value is -1.62. The summed E-state index contributed by atoms with van der Waals surface area (Å²) in [5, 5.41) is 16.4. The van der Waals surface area contributed by atoms with Crippen molar-refractivity contribution in [2.24, 2.45) is 0 Å². The number of aromatic nitrogens is 3. The molecule has 0 radical (unpaired) electrons. The smallest absolute Gasteiger partial charge is 0.243 e. The third-order valence-electron chi connectivity index (χ3n) is 2.54. The van der Waals surface area contributed by atoms with E-state index in [1.807, 2.05) is 32.2 Å². The number of pyridine rings is 1. The molecule has 2 rings (SSSR count). The van der Waals surface area contributed by atoms with E-state index in [-0.39, 0.29) is 12.6 Å². The number of rotatable bonds is 4. The summed E-state index contributed by atoms with van der Waals surface area (Å²) < 4.78 is 1.72. The molecule has 0 fully saturated rings. The zero-order chi connectivity index (χ0) is 11.5. The molecule has 2 N–H and O–H groups in total. The van der Waals surface area contributed by atoms with Crippen LogP contribution in [-0.2, 0) is 0 Å². The van der Waals surface area contributed by atoms with E-state index in [9.17, 15) is 0 Å². The summed E-state index contributed by atoms with van der Waals surface area (Å²) in [6.45, 7) is 4.11. The van der Waals surface area contributed by atoms with Gasteiger partial charge in [0.05, 0.1) is 12.6 Å². The van der Waals surface area contributed by atoms with E-state index in [0.29, 0.717) is 5.95 Å². The van der Waals surface area contributed by atoms with Crippen molar-refractivity contribution in [3.8, 4) is 0 Å². The summed E-state index contributed by atoms with van der Waals surface area (Å²) in [4.78, 5) is 4.34. The number of aliphatic hydroxyl groups is 1. The van der Waals surface area contributed by atoms with Crippen LogP contribution < -0.4 is 5.32 Å². The van der Waals surface area contributed by atoms with Gasteiger partial charge in [-0.1, -0.05) is 6.92 Å². The van der Waals surface area contributed by atoms with Gasteiger partial charge in [0, 0.05) is 6.20 Å². The van der Waals surface area contributed by atoms with E-state index in [2.05, 4.69) is 15.4 Å². The van der Waals surface area contributed by atoms with Crippen LogP contribution in [0.2, 0.25) is 0 Å². The fourth-order valence-corrected chi connectivity index (χ4v) is 1.50. The normalized spacial score (nSPS) is 12.9. The monoisotopic (exact) mass is 220 g/mol. The molecule has 0 aromatic carbocycles. The maximum atomic E-state index is 9.08. The molecule has 0 amide bonds. The minimum absolute atomic E-state index is 0.0125. The van der Waals surface area contributed by atoms with Gasteiger partial charge >= 0.3 is 0 Å². The molecule has 5 heteroatoms. The maximum absolute atomic E-state index is 9.08. The average molecular weight is 220 g/mol. The van der Waals surface area contributed by atoms with Gasteiger partial charge < -0.3 is 10.4 Å². The molecule has 16 heavy (non-hydrogen) atoms. The second-order valence-corrected chi connectivity index (χ2v) is 3.87. The number of anilines is 1. The van der Waals surface area contributed by atoms with Gasteiger partial charge in [-0.15, -0.1) is 5.10 Å². The SMILES string of the molecule is CCC(CO)Nc1nc2cc(C)ccn2n1. The predicted molar refractivity (Wildman–Crippen MR) is 62.5 cm³/mol. The highest BCUT2D eigenvalue weighted by atomic mass is 16.3. The van der Waals surface area contributed by atoms with Crippen molar-refractivity contribution in [1.29, 1.82) is 0 Å². The van der Waals surface area contributed by atoms with Gasteiger partial charge in [0.15, 0.2) is 5.65 Å². The fraction of sp³-hybridized carbons (Fsp3) is 0.455. The molecule has 1 unspecified atom stereocenters. The summed E-state index contributed by atoms with van der Waals surface area (Å²) in [5.74, 6) is 0.562. The van der Waals surface area contributed by atoms with Gasteiger partial charge in [-0.2, -0.15) is 4.98 Å². The summed E-state index contributed by atoms with van der Waals surface area (Å²) in [5.41, 5.74) is 1.97. The van der Waals surface area contributed by atoms with Crippen molar-refractivity contribution < 1.29 is 5.11 Å². The highest BCUT2D eigenvalue weighted by Gasteiger charge is 2.08. The molecule has 0 bridgehead atoms. The van der Waals surface area contributed by atoms with Gasteiger partial charge in [0.2, 0.25) is 5.95 Å². The van der Waals surface area contributed by atoms with Crippen molar-refractivity contribution in [3.63, 3.8) is 0 Å². The van der Waals surface area contributed by atoms with Gasteiger partial charge in [0.25, 0.3) is 0 Å². The Morgan fingerprint density at radius 1 is 1.56 bits per heavy atom. The largest absolute Gasteiger partial charge is 0.394 e. The Balaban J connectivity index is 2.25. The molecule has 0 aliphatic carbocycles. The lowest BCUT2D eigenvalue weighted by Gasteiger charge is -2.11. The molecule has 0 saturated heterocycles. The first-order valence-corrected chi connectivity index (χ1v) is 5.43. The molecule has 0 aliphatic rings. The Labute approximate surface area is 94.1 Å². The molecule has 1 atom stereocenters. The highest BCUT2D eigenvalue weighted by molar-refractivity contribution is 5.45. The lowest BCUT2D eigenvalue weighted by Crippen LogP contribution is -2.23. The second-order valence-electron chi connectivity index (χ2n) is 3.87. The predicted octanol–water partition coefficient (Wildman–Crippen LogP) is 1.22. The van der Waals surface area contributed by atoms with Crippen LogP contribution in [0.15, 0.2) is 18.3 Å². The Bertz CT molecular complexity index is 476. The fourth-order valence-electron chi connectivity index (χ4n) is 1.50. The average Bonchev–Trinajstić information content (AvgIpc) is 2.67. The van der Waals surface area contributed by atoms with Crippen LogP contribution in [0.25, 0.3) is 5.65 Å². The first kappa shape index (κ1) is 10.9. The first-order chi connectivity index (χ1) is 7.72. The lowest BCUT2D eigenvalue weighted by atomic mass is 10.2. The summed E-state index contributed by atoms with van der Waals surface area (Å²) in [7, 11) is 0. The van der Waals surface area contributed by atoms with Crippen LogP contribution in [0.5, 0.6) is 0 Å². The molecule has 0 saturated carbocycles. The summed E-state index contributed by atoms with van der Waals surface area (Å²) in [6.07, 6.45) is 2.72. The van der Waals surface area contributed by atoms with Crippen LogP contribution >= 0.6 is 0 Å². The Morgan fingerprint density at radius 3 is 3.06 bits per heavy atom. The topological polar surface area (TPSA) is 62.5 Å². The van der Waals surface area contributed by atoms with Gasteiger partial charge in [-0.25, -0.2) is 4.52 Å². The van der Waals surface area contributed by atoms with Crippen molar-refractivity contribution in [2.75, 3.05) is 11.9 Å². The highest BCUT2D eigenvalue weighted by Crippen LogP contribution is 2.09. The van der Waals surface area contributed by atoms with Gasteiger partial charge in [-0.05, 0) is 31.0 Å². The van der Waals surface area contributed by atoms with Crippen LogP contribution in [0.1, 0.15) is 18.9 Å². The molecule has 2 aromatic rings. The van der Waals surface area contributed by atoms with Crippen LogP contribution in [0.3, 0.4) is 0 Å². The van der Waals surface area contributed by atoms with Gasteiger partial charge in [0.1, 0.15) is 0 Å². The molecular weight excluding hydrogens is 204 g/mol. The third kappa shape index (κ3) is 2.14. The molecule has 2 heterocycles. The van der Waals surface area contributed by atoms with Crippen LogP contribution in [0, 0.1) is 6.92 Å². The van der Waals surface area contributed by atoms with Gasteiger partial charge in [-0.3, -0.25) is 0 Å². The molecule has 0 spiro atoms. The van der Waals surface area contributed by atoms with E-state index in [1.54, 1.807) is 4.52 Å². The number of hydrogen-bond acceptors (Lipinski definition) is 4. The molecule has 0 aliphatic heterocycles. The van der Waals surface area contributed by atoms with E-state index >= 15 is 0 Å². The Kier molecular flexibility index (Phi) is 3.05. The quantitative estimate of drug-likeness (QED) is 0.813. The Morgan fingerprint density at radius 2 is 2.38 bits per heavy atom. The zero-order valence-corrected chi connectivity index (χ0v) is 9.51. The minimum Gasteiger partial charge on any atom is -0.394 e. The van der Waals surface area contributed by atoms with Crippen molar-refractivity contribution in [2.45, 2.75) is 26.3 Å². The van der Waals surface area contributed by atoms with Crippen molar-refractivity contribution >= 4 is 11.6 Å². The maximum Gasteiger partial charge on any atom is 0.243 e. The lowest BCUT2D eigenvalue weighted by molar-refractivity contribution is 0.271. The minimum atomic E-state index is 0.0125. The zero-order valence-electron chi connectivity index (χ0n) is 9.51. The van der Waals surface area contributed by atoms with E-state index in [4.69, 9.17) is 5.11 Å². The van der Waals surface area contributed by atoms with Crippen LogP contribution in [0.4, 0.5) is 5.95 Å². The van der Waals surface area contributed by atoms with Crippen molar-refractivity contribution in [3.05, 3.63) is 23.9 Å². The van der Waals surface area contributed by atoms with E-state index in [0.717, 1.165) is 17.6 Å². The number of fused-ring (bicyclic) bond motifs is 1. The van der Waals surface area contributed by atoms with E-state index in [1.165, 1.54) is 0 Å². The molecular formula is C11H16N4O. The number of nitrogens with one attached hydrogen (secondary N) is 1. The number of nitrogens with zero attached hydrogens (tertiary/aromatic N) is 3. The van der Waals surface area contributed by atoms with E-state index < -0.39 is 0 Å². The second kappa shape index (κ2) is 4.49. The standard InChI is InChI=1S/C11H16N4O/c1-3-9(7-16)12-11-13-10-6-8(2)4-5-15(10)14-11/h4-6,9,16H,3,7H2,1-2H3,(H,12,14). The first-order valence-electron chi connectivity index (χ1n) is 5.43. The summed E-state index contributed by atoms with van der Waals surface area (Å²) in [6, 6.07) is 3.96. The van der Waals surface area contributed by atoms with Crippen molar-refractivity contribution in [1.82, 2.24) is 14.6 Å². The molecule has 5 nitrogen and oxygen atoms in total. The third-order valence-corrected chi connectivity index (χ3v) is 2.54. The number of hydrogen-bond donors (Lipinski definition) is 2. The number of aliphatic hydroxyl groups excluding tert-OH is 1.